The monoisotopic (exact) mass is 875 g/mol. The Labute approximate surface area is 347 Å². The minimum atomic E-state index is -1.09. The first-order valence-corrected chi connectivity index (χ1v) is 19.3. The third-order valence-electron chi connectivity index (χ3n) is 11.2. The molecule has 8 bridgehead atoms. The molecular formula is C42H55N7O7Pd. The van der Waals surface area contributed by atoms with Crippen LogP contribution in [-0.4, -0.2) is 102 Å². The molecule has 5 atom stereocenters. The summed E-state index contributed by atoms with van der Waals surface area (Å²) < 4.78 is 5.20. The van der Waals surface area contributed by atoms with E-state index in [9.17, 15) is 29.4 Å². The standard InChI is InChI=1S/C42H57N7O7.Pd/c1-10-27-21(2)30-18-35-38(25(6)51)23(4)32(46-35)16-31-22(3)28(11-12-36(53)44-19-26(52)20-50)40(47-31)29(15-37(54)56-9)41-39(42(55)43-13-14-49(7)8)24(5)33(48-41)17-34(27)45-30;/h16-18,21-22,26-28,50,52H,10-15,19-20H2,1-9H3,(H4,43,44,45,46,47,48,51,53,55);/q;+2/p-2/t21-,22+,26?,27-,28+;/m1./s1. The van der Waals surface area contributed by atoms with E-state index in [1.54, 1.807) is 0 Å². The maximum Gasteiger partial charge on any atom is 2.00 e. The van der Waals surface area contributed by atoms with E-state index in [2.05, 4.69) is 24.5 Å². The van der Waals surface area contributed by atoms with Crippen molar-refractivity contribution in [2.24, 2.45) is 0 Å². The number of esters is 1. The van der Waals surface area contributed by atoms with Crippen molar-refractivity contribution in [2.45, 2.75) is 97.0 Å². The minimum absolute atomic E-state index is 0. The number of methoxy groups -OCH3 is 1. The van der Waals surface area contributed by atoms with Gasteiger partial charge in [-0.2, -0.15) is 0 Å². The maximum atomic E-state index is 14.2. The van der Waals surface area contributed by atoms with Gasteiger partial charge in [0.2, 0.25) is 11.8 Å². The molecule has 57 heavy (non-hydrogen) atoms. The quantitative estimate of drug-likeness (QED) is 0.104. The number of ether oxygens (including phenoxy) is 1. The first-order valence-electron chi connectivity index (χ1n) is 19.3. The molecule has 0 aromatic carbocycles. The molecule has 5 rings (SSSR count). The Kier molecular flexibility index (Phi) is 15.5. The molecule has 0 spiro atoms. The van der Waals surface area contributed by atoms with E-state index in [1.165, 1.54) is 14.0 Å². The second-order valence-electron chi connectivity index (χ2n) is 15.3. The van der Waals surface area contributed by atoms with E-state index in [4.69, 9.17) is 24.7 Å². The Hall–Kier alpha value is -4.26. The van der Waals surface area contributed by atoms with Crippen LogP contribution in [0.3, 0.4) is 0 Å². The predicted octanol–water partition coefficient (Wildman–Crippen LogP) is 3.83. The summed E-state index contributed by atoms with van der Waals surface area (Å²) in [6.45, 7) is 11.8. The molecule has 2 aliphatic heterocycles. The van der Waals surface area contributed by atoms with Crippen LogP contribution in [-0.2, 0) is 41.2 Å². The van der Waals surface area contributed by atoms with Gasteiger partial charge in [-0.3, -0.25) is 29.1 Å². The number of carbonyl (C=O) groups excluding carboxylic acids is 4. The van der Waals surface area contributed by atoms with Gasteiger partial charge in [-0.15, -0.1) is 22.1 Å². The van der Waals surface area contributed by atoms with Gasteiger partial charge in [0.1, 0.15) is 0 Å². The van der Waals surface area contributed by atoms with Crippen LogP contribution in [0.25, 0.3) is 22.1 Å². The Morgan fingerprint density at radius 3 is 2.16 bits per heavy atom. The van der Waals surface area contributed by atoms with Gasteiger partial charge in [0.15, 0.2) is 5.78 Å². The van der Waals surface area contributed by atoms with E-state index in [-0.39, 0.29) is 75.2 Å². The van der Waals surface area contributed by atoms with Crippen molar-refractivity contribution in [3.05, 3.63) is 68.8 Å². The first-order chi connectivity index (χ1) is 26.6. The van der Waals surface area contributed by atoms with Crippen LogP contribution in [0.15, 0.2) is 18.2 Å². The van der Waals surface area contributed by atoms with Crippen molar-refractivity contribution in [1.82, 2.24) is 35.5 Å². The number of amides is 2. The molecule has 0 saturated heterocycles. The number of aromatic nitrogens is 4. The SMILES string of the molecule is CC[C@H]1c2cc3[n-]c(c(CC(=O)OC)c4nc(cc5[n-]c(cc(n2)[C@@H]1C)c(C(C)=O)c5C)[C@@H](C)[C@@H]4CCC(=O)NCC(O)CO)c(C(=O)NCCN(C)C)c3C.[Pd+2]. The average molecular weight is 876 g/mol. The molecule has 5 heterocycles. The topological polar surface area (TPSA) is 199 Å². The molecule has 0 radical (unpaired) electrons. The van der Waals surface area contributed by atoms with Gasteiger partial charge in [-0.05, 0) is 53.3 Å². The number of hydrogen-bond donors (Lipinski definition) is 4. The smallest absolute Gasteiger partial charge is 0.657 e. The Morgan fingerprint density at radius 2 is 1.53 bits per heavy atom. The fourth-order valence-electron chi connectivity index (χ4n) is 7.84. The Balaban J connectivity index is 0.00000720. The van der Waals surface area contributed by atoms with Gasteiger partial charge in [-0.25, -0.2) is 0 Å². The van der Waals surface area contributed by atoms with Gasteiger partial charge in [-0.1, -0.05) is 50.1 Å². The normalized spacial score (nSPS) is 18.2. The zero-order chi connectivity index (χ0) is 41.0. The minimum Gasteiger partial charge on any atom is -0.657 e. The molecular weight excluding hydrogens is 821 g/mol. The third-order valence-corrected chi connectivity index (χ3v) is 11.2. The molecule has 0 fully saturated rings. The summed E-state index contributed by atoms with van der Waals surface area (Å²) in [5.74, 6) is -2.03. The van der Waals surface area contributed by atoms with Crippen LogP contribution < -0.4 is 20.6 Å². The number of Topliss-reactive ketones (excluding diaryl/α,β-unsaturated/α-hetero) is 1. The molecule has 3 aromatic rings. The van der Waals surface area contributed by atoms with E-state index >= 15 is 0 Å². The number of likely N-dealkylation sites (N-methyl/N-ethyl adjacent to an activating group) is 1. The van der Waals surface area contributed by atoms with E-state index in [1.807, 2.05) is 58.0 Å². The summed E-state index contributed by atoms with van der Waals surface area (Å²) in [6.07, 6.45) is -0.215. The van der Waals surface area contributed by atoms with Crippen molar-refractivity contribution < 1.29 is 54.6 Å². The van der Waals surface area contributed by atoms with Crippen molar-refractivity contribution in [3.63, 3.8) is 0 Å². The second-order valence-corrected chi connectivity index (χ2v) is 15.3. The molecule has 15 heteroatoms. The maximum absolute atomic E-state index is 14.2. The van der Waals surface area contributed by atoms with Crippen LogP contribution in [0.5, 0.6) is 0 Å². The van der Waals surface area contributed by atoms with Crippen molar-refractivity contribution >= 4 is 45.6 Å². The molecule has 2 amide bonds. The molecule has 4 N–H and O–H groups in total. The molecule has 0 saturated carbocycles. The number of carbonyl (C=O) groups is 4. The first kappa shape index (κ1) is 45.4. The van der Waals surface area contributed by atoms with Crippen LogP contribution in [0.2, 0.25) is 0 Å². The zero-order valence-electron chi connectivity index (χ0n) is 34.3. The number of fused-ring (bicyclic) bond motifs is 8. The number of nitrogens with one attached hydrogen (secondary N) is 2. The van der Waals surface area contributed by atoms with Crippen molar-refractivity contribution in [3.8, 4) is 0 Å². The van der Waals surface area contributed by atoms with E-state index < -0.39 is 24.6 Å². The van der Waals surface area contributed by atoms with E-state index in [0.29, 0.717) is 80.8 Å². The molecule has 1 unspecified atom stereocenters. The fourth-order valence-corrected chi connectivity index (χ4v) is 7.84. The summed E-state index contributed by atoms with van der Waals surface area (Å²) in [5, 5.41) is 24.8. The number of aryl methyl sites for hydroxylation is 2. The van der Waals surface area contributed by atoms with Gasteiger partial charge in [0, 0.05) is 83.6 Å². The molecule has 2 aliphatic rings. The summed E-state index contributed by atoms with van der Waals surface area (Å²) in [4.78, 5) is 76.0. The molecule has 0 aliphatic carbocycles. The second kappa shape index (κ2) is 19.5. The molecule has 14 nitrogen and oxygen atoms in total. The van der Waals surface area contributed by atoms with Crippen LogP contribution >= 0.6 is 0 Å². The number of nitrogens with zero attached hydrogens (tertiary/aromatic N) is 5. The van der Waals surface area contributed by atoms with Gasteiger partial charge < -0.3 is 40.5 Å². The molecule has 3 aromatic heterocycles. The van der Waals surface area contributed by atoms with Gasteiger partial charge in [0.25, 0.3) is 0 Å². The number of hydrogen-bond acceptors (Lipinski definition) is 10. The summed E-state index contributed by atoms with van der Waals surface area (Å²) in [5.41, 5.74) is 7.20. The summed E-state index contributed by atoms with van der Waals surface area (Å²) in [6, 6.07) is 5.67. The number of rotatable bonds is 14. The largest absolute Gasteiger partial charge is 2.00 e. The van der Waals surface area contributed by atoms with E-state index in [0.717, 1.165) is 17.8 Å². The average Bonchev–Trinajstić information content (AvgIpc) is 3.84. The summed E-state index contributed by atoms with van der Waals surface area (Å²) >= 11 is 0. The predicted molar refractivity (Wildman–Crippen MR) is 213 cm³/mol. The van der Waals surface area contributed by atoms with Gasteiger partial charge in [0.05, 0.1) is 26.2 Å². The number of aliphatic hydroxyl groups is 2. The van der Waals surface area contributed by atoms with Crippen molar-refractivity contribution in [2.75, 3.05) is 47.4 Å². The van der Waals surface area contributed by atoms with Crippen LogP contribution in [0.1, 0.15) is 131 Å². The zero-order valence-corrected chi connectivity index (χ0v) is 35.8. The van der Waals surface area contributed by atoms with Gasteiger partial charge >= 0.3 is 26.4 Å². The number of aliphatic hydroxyl groups excluding tert-OH is 2. The third kappa shape index (κ3) is 9.90. The fraction of sp³-hybridized carbons (Fsp3) is 0.524. The Morgan fingerprint density at radius 1 is 0.912 bits per heavy atom. The van der Waals surface area contributed by atoms with Crippen LogP contribution in [0.4, 0.5) is 0 Å². The Bertz CT molecular complexity index is 2160. The van der Waals surface area contributed by atoms with Crippen molar-refractivity contribution in [1.29, 1.82) is 0 Å². The van der Waals surface area contributed by atoms with Crippen LogP contribution in [0, 0.1) is 13.8 Å². The summed E-state index contributed by atoms with van der Waals surface area (Å²) in [7, 11) is 5.14. The number of ketones is 1. The molecule has 310 valence electrons.